The van der Waals surface area contributed by atoms with Crippen molar-refractivity contribution in [2.24, 2.45) is 16.8 Å². The maximum atomic E-state index is 9.04. The summed E-state index contributed by atoms with van der Waals surface area (Å²) in [5.74, 6) is 0.600. The Labute approximate surface area is 125 Å². The van der Waals surface area contributed by atoms with Crippen LogP contribution in [0.2, 0.25) is 0 Å². The third kappa shape index (κ3) is 3.07. The van der Waals surface area contributed by atoms with Gasteiger partial charge >= 0.3 is 0 Å². The average Bonchev–Trinajstić information content (AvgIpc) is 2.50. The van der Waals surface area contributed by atoms with Crippen LogP contribution in [-0.2, 0) is 0 Å². The first-order valence-electron chi connectivity index (χ1n) is 7.19. The molecule has 0 radical (unpaired) electrons. The van der Waals surface area contributed by atoms with E-state index in [4.69, 9.17) is 10.9 Å². The number of rotatable bonds is 5. The maximum absolute atomic E-state index is 9.04. The molecule has 0 unspecified atom stereocenters. The lowest BCUT2D eigenvalue weighted by Gasteiger charge is -2.28. The number of fused-ring (bicyclic) bond motifs is 1. The van der Waals surface area contributed by atoms with E-state index in [1.165, 1.54) is 0 Å². The SMILES string of the molecule is CCN(CC(C)C)c1c(/C(N)=N/O)cnc2ccccc12. The zero-order valence-electron chi connectivity index (χ0n) is 12.7. The molecular formula is C16H22N4O. The topological polar surface area (TPSA) is 74.7 Å². The van der Waals surface area contributed by atoms with Gasteiger partial charge in [-0.1, -0.05) is 37.2 Å². The molecule has 1 aromatic heterocycles. The van der Waals surface area contributed by atoms with E-state index in [2.05, 4.69) is 35.8 Å². The molecule has 0 aliphatic heterocycles. The van der Waals surface area contributed by atoms with Crippen molar-refractivity contribution in [3.63, 3.8) is 0 Å². The standard InChI is InChI=1S/C16H22N4O/c1-4-20(10-11(2)3)15-12-7-5-6-8-14(12)18-9-13(15)16(17)19-21/h5-9,11,21H,4,10H2,1-3H3,(H2,17,19). The monoisotopic (exact) mass is 286 g/mol. The molecule has 0 saturated carbocycles. The van der Waals surface area contributed by atoms with Gasteiger partial charge in [0.2, 0.25) is 0 Å². The highest BCUT2D eigenvalue weighted by Gasteiger charge is 2.18. The molecule has 0 atom stereocenters. The Kier molecular flexibility index (Phi) is 4.62. The molecule has 3 N–H and O–H groups in total. The summed E-state index contributed by atoms with van der Waals surface area (Å²) < 4.78 is 0. The van der Waals surface area contributed by atoms with E-state index in [-0.39, 0.29) is 5.84 Å². The smallest absolute Gasteiger partial charge is 0.173 e. The lowest BCUT2D eigenvalue weighted by molar-refractivity contribution is 0.318. The number of hydrogen-bond donors (Lipinski definition) is 2. The molecule has 0 aliphatic carbocycles. The van der Waals surface area contributed by atoms with Crippen molar-refractivity contribution in [2.75, 3.05) is 18.0 Å². The Bertz CT molecular complexity index is 652. The molecule has 21 heavy (non-hydrogen) atoms. The molecule has 0 bridgehead atoms. The molecule has 0 fully saturated rings. The number of nitrogens with zero attached hydrogens (tertiary/aromatic N) is 3. The van der Waals surface area contributed by atoms with Crippen molar-refractivity contribution in [3.8, 4) is 0 Å². The molecule has 112 valence electrons. The van der Waals surface area contributed by atoms with Crippen molar-refractivity contribution in [3.05, 3.63) is 36.0 Å². The average molecular weight is 286 g/mol. The first kappa shape index (κ1) is 15.1. The minimum atomic E-state index is 0.0884. The van der Waals surface area contributed by atoms with Crippen LogP contribution in [-0.4, -0.2) is 29.1 Å². The number of benzene rings is 1. The number of pyridine rings is 1. The van der Waals surface area contributed by atoms with Crippen LogP contribution in [0.15, 0.2) is 35.6 Å². The zero-order valence-corrected chi connectivity index (χ0v) is 12.7. The Morgan fingerprint density at radius 3 is 2.71 bits per heavy atom. The summed E-state index contributed by atoms with van der Waals surface area (Å²) in [6, 6.07) is 7.93. The van der Waals surface area contributed by atoms with Crippen molar-refractivity contribution in [1.82, 2.24) is 4.98 Å². The van der Waals surface area contributed by atoms with E-state index in [0.29, 0.717) is 11.5 Å². The number of hydrogen-bond acceptors (Lipinski definition) is 4. The molecule has 2 rings (SSSR count). The van der Waals surface area contributed by atoms with Crippen molar-refractivity contribution in [2.45, 2.75) is 20.8 Å². The van der Waals surface area contributed by atoms with Gasteiger partial charge in [-0.25, -0.2) is 0 Å². The van der Waals surface area contributed by atoms with E-state index in [0.717, 1.165) is 29.7 Å². The Morgan fingerprint density at radius 1 is 1.38 bits per heavy atom. The lowest BCUT2D eigenvalue weighted by Crippen LogP contribution is -2.30. The van der Waals surface area contributed by atoms with E-state index < -0.39 is 0 Å². The predicted molar refractivity (Wildman–Crippen MR) is 87.0 cm³/mol. The number of para-hydroxylation sites is 1. The summed E-state index contributed by atoms with van der Waals surface area (Å²) in [7, 11) is 0. The van der Waals surface area contributed by atoms with Gasteiger partial charge < -0.3 is 15.8 Å². The van der Waals surface area contributed by atoms with E-state index in [1.807, 2.05) is 24.3 Å². The van der Waals surface area contributed by atoms with Crippen LogP contribution in [0.4, 0.5) is 5.69 Å². The number of aromatic nitrogens is 1. The number of nitrogens with two attached hydrogens (primary N) is 1. The summed E-state index contributed by atoms with van der Waals surface area (Å²) in [6.07, 6.45) is 1.68. The first-order chi connectivity index (χ1) is 10.1. The lowest BCUT2D eigenvalue weighted by atomic mass is 10.1. The van der Waals surface area contributed by atoms with E-state index >= 15 is 0 Å². The van der Waals surface area contributed by atoms with Gasteiger partial charge in [-0.3, -0.25) is 4.98 Å². The fourth-order valence-electron chi connectivity index (χ4n) is 2.53. The quantitative estimate of drug-likeness (QED) is 0.383. The van der Waals surface area contributed by atoms with Crippen LogP contribution >= 0.6 is 0 Å². The molecule has 1 heterocycles. The number of amidine groups is 1. The summed E-state index contributed by atoms with van der Waals surface area (Å²) in [4.78, 5) is 6.66. The Balaban J connectivity index is 2.70. The molecule has 5 nitrogen and oxygen atoms in total. The van der Waals surface area contributed by atoms with Gasteiger partial charge in [-0.2, -0.15) is 0 Å². The summed E-state index contributed by atoms with van der Waals surface area (Å²) >= 11 is 0. The predicted octanol–water partition coefficient (Wildman–Crippen LogP) is 2.81. The third-order valence-corrected chi connectivity index (χ3v) is 3.41. The molecular weight excluding hydrogens is 264 g/mol. The van der Waals surface area contributed by atoms with Gasteiger partial charge in [-0.05, 0) is 18.9 Å². The Morgan fingerprint density at radius 2 is 2.10 bits per heavy atom. The molecule has 0 amide bonds. The fourth-order valence-corrected chi connectivity index (χ4v) is 2.53. The van der Waals surface area contributed by atoms with Crippen LogP contribution in [0.3, 0.4) is 0 Å². The van der Waals surface area contributed by atoms with Crippen LogP contribution in [0, 0.1) is 5.92 Å². The van der Waals surface area contributed by atoms with Crippen LogP contribution in [0.25, 0.3) is 10.9 Å². The fraction of sp³-hybridized carbons (Fsp3) is 0.375. The first-order valence-corrected chi connectivity index (χ1v) is 7.19. The number of oxime groups is 1. The van der Waals surface area contributed by atoms with Gasteiger partial charge in [0, 0.05) is 24.7 Å². The van der Waals surface area contributed by atoms with Crippen LogP contribution in [0.1, 0.15) is 26.3 Å². The highest BCUT2D eigenvalue weighted by molar-refractivity contribution is 6.08. The van der Waals surface area contributed by atoms with Crippen molar-refractivity contribution in [1.29, 1.82) is 0 Å². The molecule has 0 saturated heterocycles. The second kappa shape index (κ2) is 6.43. The molecule has 0 aliphatic rings. The molecule has 0 spiro atoms. The third-order valence-electron chi connectivity index (χ3n) is 3.41. The highest BCUT2D eigenvalue weighted by Crippen LogP contribution is 2.30. The van der Waals surface area contributed by atoms with Gasteiger partial charge in [0.05, 0.1) is 16.8 Å². The van der Waals surface area contributed by atoms with Crippen LogP contribution in [0.5, 0.6) is 0 Å². The second-order valence-corrected chi connectivity index (χ2v) is 5.46. The van der Waals surface area contributed by atoms with Gasteiger partial charge in [0.1, 0.15) is 0 Å². The normalized spacial score (nSPS) is 12.1. The molecule has 5 heteroatoms. The van der Waals surface area contributed by atoms with Gasteiger partial charge in [-0.15, -0.1) is 0 Å². The van der Waals surface area contributed by atoms with Gasteiger partial charge in [0.25, 0.3) is 0 Å². The van der Waals surface area contributed by atoms with E-state index in [1.54, 1.807) is 6.20 Å². The zero-order chi connectivity index (χ0) is 15.4. The minimum absolute atomic E-state index is 0.0884. The second-order valence-electron chi connectivity index (χ2n) is 5.46. The summed E-state index contributed by atoms with van der Waals surface area (Å²) in [6.45, 7) is 8.20. The van der Waals surface area contributed by atoms with Crippen molar-refractivity contribution < 1.29 is 5.21 Å². The number of anilines is 1. The largest absolute Gasteiger partial charge is 0.409 e. The summed E-state index contributed by atoms with van der Waals surface area (Å²) in [5.41, 5.74) is 8.39. The summed E-state index contributed by atoms with van der Waals surface area (Å²) in [5, 5.41) is 13.2. The molecule has 1 aromatic carbocycles. The van der Waals surface area contributed by atoms with E-state index in [9.17, 15) is 0 Å². The van der Waals surface area contributed by atoms with Gasteiger partial charge in [0.15, 0.2) is 5.84 Å². The highest BCUT2D eigenvalue weighted by atomic mass is 16.4. The maximum Gasteiger partial charge on any atom is 0.173 e. The molecule has 2 aromatic rings. The Hall–Kier alpha value is -2.30. The van der Waals surface area contributed by atoms with Crippen LogP contribution < -0.4 is 10.6 Å². The van der Waals surface area contributed by atoms with Crippen molar-refractivity contribution >= 4 is 22.4 Å². The minimum Gasteiger partial charge on any atom is -0.409 e.